The van der Waals surface area contributed by atoms with Crippen LogP contribution in [-0.4, -0.2) is 37.6 Å². The normalized spacial score (nSPS) is 19.7. The Morgan fingerprint density at radius 1 is 1.30 bits per heavy atom. The van der Waals surface area contributed by atoms with E-state index in [0.29, 0.717) is 18.0 Å². The van der Waals surface area contributed by atoms with Crippen molar-refractivity contribution in [3.63, 3.8) is 0 Å². The van der Waals surface area contributed by atoms with E-state index in [2.05, 4.69) is 22.3 Å². The SMILES string of the molecule is COc1cc2c(cc1CN1CCCC(CNC(=O)c3ccoc3)C1)CCC2. The van der Waals surface area contributed by atoms with E-state index in [-0.39, 0.29) is 5.91 Å². The van der Waals surface area contributed by atoms with E-state index in [4.69, 9.17) is 9.15 Å². The number of likely N-dealkylation sites (tertiary alicyclic amines) is 1. The third-order valence-electron chi connectivity index (χ3n) is 5.83. The molecule has 144 valence electrons. The lowest BCUT2D eigenvalue weighted by Gasteiger charge is -2.33. The van der Waals surface area contributed by atoms with Crippen molar-refractivity contribution in [2.75, 3.05) is 26.7 Å². The van der Waals surface area contributed by atoms with Crippen LogP contribution in [0.15, 0.2) is 35.1 Å². The summed E-state index contributed by atoms with van der Waals surface area (Å²) in [4.78, 5) is 14.6. The number of benzene rings is 1. The Bertz CT molecular complexity index is 785. The summed E-state index contributed by atoms with van der Waals surface area (Å²) in [5.74, 6) is 1.45. The minimum atomic E-state index is -0.0545. The monoisotopic (exact) mass is 368 g/mol. The third-order valence-corrected chi connectivity index (χ3v) is 5.83. The first-order chi connectivity index (χ1) is 13.2. The summed E-state index contributed by atoms with van der Waals surface area (Å²) in [6, 6.07) is 6.29. The van der Waals surface area contributed by atoms with Crippen LogP contribution in [0.1, 0.15) is 46.3 Å². The molecular weight excluding hydrogens is 340 g/mol. The van der Waals surface area contributed by atoms with E-state index in [9.17, 15) is 4.79 Å². The van der Waals surface area contributed by atoms with Gasteiger partial charge in [0, 0.05) is 25.2 Å². The quantitative estimate of drug-likeness (QED) is 0.849. The molecule has 1 amide bonds. The minimum Gasteiger partial charge on any atom is -0.496 e. The van der Waals surface area contributed by atoms with E-state index in [0.717, 1.165) is 31.8 Å². The highest BCUT2D eigenvalue weighted by Gasteiger charge is 2.23. The van der Waals surface area contributed by atoms with E-state index in [1.807, 2.05) is 0 Å². The summed E-state index contributed by atoms with van der Waals surface area (Å²) in [6.45, 7) is 3.74. The summed E-state index contributed by atoms with van der Waals surface area (Å²) in [5, 5.41) is 3.05. The molecule has 1 saturated heterocycles. The smallest absolute Gasteiger partial charge is 0.254 e. The molecule has 1 fully saturated rings. The molecule has 2 aromatic rings. The molecule has 1 aromatic carbocycles. The number of nitrogens with one attached hydrogen (secondary N) is 1. The van der Waals surface area contributed by atoms with E-state index >= 15 is 0 Å². The zero-order valence-electron chi connectivity index (χ0n) is 16.0. The van der Waals surface area contributed by atoms with E-state index < -0.39 is 0 Å². The van der Waals surface area contributed by atoms with E-state index in [1.54, 1.807) is 13.2 Å². The number of rotatable bonds is 6. The van der Waals surface area contributed by atoms with E-state index in [1.165, 1.54) is 54.9 Å². The summed E-state index contributed by atoms with van der Waals surface area (Å²) in [6.07, 6.45) is 8.96. The maximum atomic E-state index is 12.1. The third kappa shape index (κ3) is 4.19. The number of fused-ring (bicyclic) bond motifs is 1. The van der Waals surface area contributed by atoms with Gasteiger partial charge in [-0.05, 0) is 67.8 Å². The molecule has 5 nitrogen and oxygen atoms in total. The number of amides is 1. The van der Waals surface area contributed by atoms with Crippen LogP contribution in [-0.2, 0) is 19.4 Å². The van der Waals surface area contributed by atoms with Gasteiger partial charge in [-0.3, -0.25) is 9.69 Å². The number of methoxy groups -OCH3 is 1. The molecular formula is C22H28N2O3. The molecule has 0 radical (unpaired) electrons. The Morgan fingerprint density at radius 3 is 2.93 bits per heavy atom. The lowest BCUT2D eigenvalue weighted by molar-refractivity contribution is 0.0930. The molecule has 2 aliphatic rings. The van der Waals surface area contributed by atoms with Crippen LogP contribution in [0.2, 0.25) is 0 Å². The Labute approximate surface area is 160 Å². The lowest BCUT2D eigenvalue weighted by atomic mass is 9.96. The number of carbonyl (C=O) groups excluding carboxylic acids is 1. The highest BCUT2D eigenvalue weighted by atomic mass is 16.5. The van der Waals surface area contributed by atoms with Crippen molar-refractivity contribution in [3.8, 4) is 5.75 Å². The fourth-order valence-electron chi connectivity index (χ4n) is 4.40. The first kappa shape index (κ1) is 18.1. The maximum absolute atomic E-state index is 12.1. The van der Waals surface area contributed by atoms with Gasteiger partial charge in [0.15, 0.2) is 0 Å². The predicted molar refractivity (Wildman–Crippen MR) is 104 cm³/mol. The van der Waals surface area contributed by atoms with Crippen molar-refractivity contribution in [1.82, 2.24) is 10.2 Å². The molecule has 1 aromatic heterocycles. The zero-order chi connectivity index (χ0) is 18.6. The largest absolute Gasteiger partial charge is 0.496 e. The molecule has 1 N–H and O–H groups in total. The molecule has 2 heterocycles. The Kier molecular flexibility index (Phi) is 5.48. The van der Waals surface area contributed by atoms with Gasteiger partial charge < -0.3 is 14.5 Å². The standard InChI is InChI=1S/C22H28N2O3/c1-26-21-11-18-6-2-5-17(18)10-20(21)14-24-8-3-4-16(13-24)12-23-22(25)19-7-9-27-15-19/h7,9-11,15-16H,2-6,8,12-14H2,1H3,(H,23,25). The summed E-state index contributed by atoms with van der Waals surface area (Å²) in [7, 11) is 1.77. The second-order valence-electron chi connectivity index (χ2n) is 7.75. The van der Waals surface area contributed by atoms with Crippen molar-refractivity contribution >= 4 is 5.91 Å². The molecule has 5 heteroatoms. The van der Waals surface area contributed by atoms with Crippen LogP contribution in [0.4, 0.5) is 0 Å². The predicted octanol–water partition coefficient (Wildman–Crippen LogP) is 3.42. The second-order valence-corrected chi connectivity index (χ2v) is 7.75. The minimum absolute atomic E-state index is 0.0545. The number of carbonyl (C=O) groups is 1. The van der Waals surface area contributed by atoms with Crippen LogP contribution >= 0.6 is 0 Å². The van der Waals surface area contributed by atoms with Gasteiger partial charge in [-0.15, -0.1) is 0 Å². The molecule has 27 heavy (non-hydrogen) atoms. The number of hydrogen-bond donors (Lipinski definition) is 1. The van der Waals surface area contributed by atoms with Crippen LogP contribution in [0.3, 0.4) is 0 Å². The van der Waals surface area contributed by atoms with Crippen molar-refractivity contribution in [2.45, 2.75) is 38.6 Å². The van der Waals surface area contributed by atoms with Gasteiger partial charge in [0.1, 0.15) is 12.0 Å². The highest BCUT2D eigenvalue weighted by molar-refractivity contribution is 5.93. The van der Waals surface area contributed by atoms with Crippen LogP contribution in [0.5, 0.6) is 5.75 Å². The van der Waals surface area contributed by atoms with Gasteiger partial charge in [0.2, 0.25) is 0 Å². The van der Waals surface area contributed by atoms with Crippen molar-refractivity contribution in [3.05, 3.63) is 53.0 Å². The topological polar surface area (TPSA) is 54.7 Å². The van der Waals surface area contributed by atoms with Crippen molar-refractivity contribution in [2.24, 2.45) is 5.92 Å². The van der Waals surface area contributed by atoms with Gasteiger partial charge in [0.25, 0.3) is 5.91 Å². The molecule has 0 spiro atoms. The van der Waals surface area contributed by atoms with Crippen LogP contribution in [0.25, 0.3) is 0 Å². The molecule has 0 saturated carbocycles. The number of nitrogens with zero attached hydrogens (tertiary/aromatic N) is 1. The summed E-state index contributed by atoms with van der Waals surface area (Å²) < 4.78 is 10.7. The molecule has 4 rings (SSSR count). The molecule has 1 aliphatic heterocycles. The molecule has 1 unspecified atom stereocenters. The highest BCUT2D eigenvalue weighted by Crippen LogP contribution is 2.31. The van der Waals surface area contributed by atoms with Gasteiger partial charge in [-0.1, -0.05) is 6.07 Å². The van der Waals surface area contributed by atoms with Gasteiger partial charge in [-0.2, -0.15) is 0 Å². The Hall–Kier alpha value is -2.27. The average Bonchev–Trinajstić information content (AvgIpc) is 3.37. The number of piperidine rings is 1. The zero-order valence-corrected chi connectivity index (χ0v) is 16.0. The molecule has 1 aliphatic carbocycles. The molecule has 1 atom stereocenters. The summed E-state index contributed by atoms with van der Waals surface area (Å²) in [5.41, 5.74) is 4.83. The lowest BCUT2D eigenvalue weighted by Crippen LogP contribution is -2.40. The van der Waals surface area contributed by atoms with Gasteiger partial charge in [-0.25, -0.2) is 0 Å². The number of hydrogen-bond acceptors (Lipinski definition) is 4. The van der Waals surface area contributed by atoms with Crippen molar-refractivity contribution < 1.29 is 13.9 Å². The van der Waals surface area contributed by atoms with Crippen molar-refractivity contribution in [1.29, 1.82) is 0 Å². The maximum Gasteiger partial charge on any atom is 0.254 e. The average molecular weight is 368 g/mol. The van der Waals surface area contributed by atoms with Gasteiger partial charge in [0.05, 0.1) is 18.9 Å². The fraction of sp³-hybridized carbons (Fsp3) is 0.500. The van der Waals surface area contributed by atoms with Crippen LogP contribution < -0.4 is 10.1 Å². The number of ether oxygens (including phenoxy) is 1. The van der Waals surface area contributed by atoms with Crippen LogP contribution in [0, 0.1) is 5.92 Å². The summed E-state index contributed by atoms with van der Waals surface area (Å²) >= 11 is 0. The second kappa shape index (κ2) is 8.17. The first-order valence-corrected chi connectivity index (χ1v) is 9.94. The number of aryl methyl sites for hydroxylation is 2. The first-order valence-electron chi connectivity index (χ1n) is 9.94. The fourth-order valence-corrected chi connectivity index (χ4v) is 4.40. The van der Waals surface area contributed by atoms with Gasteiger partial charge >= 0.3 is 0 Å². The number of furan rings is 1. The Morgan fingerprint density at radius 2 is 2.15 bits per heavy atom. The Balaban J connectivity index is 1.35. The molecule has 0 bridgehead atoms.